The Bertz CT molecular complexity index is 608. The van der Waals surface area contributed by atoms with Crippen LogP contribution in [0, 0.1) is 0 Å². The number of rotatable bonds is 5. The fourth-order valence-electron chi connectivity index (χ4n) is 2.26. The molecule has 1 N–H and O–H groups in total. The van der Waals surface area contributed by atoms with Gasteiger partial charge in [0.2, 0.25) is 0 Å². The highest BCUT2D eigenvalue weighted by atomic mass is 32.2. The maximum atomic E-state index is 12.6. The number of benzene rings is 2. The predicted octanol–water partition coefficient (Wildman–Crippen LogP) is 4.03. The van der Waals surface area contributed by atoms with Crippen molar-refractivity contribution in [1.29, 1.82) is 0 Å². The Hall–Kier alpha value is -1.49. The van der Waals surface area contributed by atoms with Gasteiger partial charge in [-0.1, -0.05) is 48.5 Å². The van der Waals surface area contributed by atoms with Crippen LogP contribution in [-0.4, -0.2) is 25.8 Å². The number of hydrogen-bond donors (Lipinski definition) is 1. The fraction of sp³-hybridized carbons (Fsp3) is 0.333. The molecule has 118 valence electrons. The quantitative estimate of drug-likeness (QED) is 0.847. The average molecular weight is 317 g/mol. The molecule has 0 saturated heterocycles. The number of hydroxylamine groups is 2. The van der Waals surface area contributed by atoms with Crippen LogP contribution in [0.4, 0.5) is 0 Å². The summed E-state index contributed by atoms with van der Waals surface area (Å²) < 4.78 is 12.6. The molecule has 0 aliphatic rings. The van der Waals surface area contributed by atoms with Crippen molar-refractivity contribution in [2.24, 2.45) is 0 Å². The van der Waals surface area contributed by atoms with E-state index in [1.807, 2.05) is 81.4 Å². The van der Waals surface area contributed by atoms with E-state index in [0.717, 1.165) is 10.5 Å². The zero-order valence-electron chi connectivity index (χ0n) is 13.3. The molecule has 0 bridgehead atoms. The molecular weight excluding hydrogens is 294 g/mol. The molecule has 0 heterocycles. The Kier molecular flexibility index (Phi) is 5.51. The molecule has 2 rings (SSSR count). The molecule has 0 spiro atoms. The van der Waals surface area contributed by atoms with Crippen molar-refractivity contribution in [3.05, 3.63) is 66.2 Å². The molecule has 4 heteroatoms. The molecule has 0 aromatic heterocycles. The second kappa shape index (κ2) is 7.18. The van der Waals surface area contributed by atoms with Crippen LogP contribution >= 0.6 is 0 Å². The summed E-state index contributed by atoms with van der Waals surface area (Å²) in [6.45, 7) is 5.82. The van der Waals surface area contributed by atoms with E-state index in [1.165, 1.54) is 5.06 Å². The minimum atomic E-state index is -1.17. The second-order valence-electron chi connectivity index (χ2n) is 6.27. The Balaban J connectivity index is 2.28. The summed E-state index contributed by atoms with van der Waals surface area (Å²) in [6, 6.07) is 18.8. The van der Waals surface area contributed by atoms with Gasteiger partial charge in [0.05, 0.1) is 22.6 Å². The van der Waals surface area contributed by atoms with Gasteiger partial charge in [-0.3, -0.25) is 4.21 Å². The van der Waals surface area contributed by atoms with E-state index in [0.29, 0.717) is 5.75 Å². The Morgan fingerprint density at radius 2 is 1.50 bits per heavy atom. The third-order valence-electron chi connectivity index (χ3n) is 3.48. The van der Waals surface area contributed by atoms with Crippen molar-refractivity contribution < 1.29 is 9.42 Å². The fourth-order valence-corrected chi connectivity index (χ4v) is 3.54. The van der Waals surface area contributed by atoms with Gasteiger partial charge < -0.3 is 5.21 Å². The van der Waals surface area contributed by atoms with E-state index in [4.69, 9.17) is 0 Å². The van der Waals surface area contributed by atoms with Crippen LogP contribution in [0.1, 0.15) is 32.4 Å². The van der Waals surface area contributed by atoms with E-state index in [2.05, 4.69) is 0 Å². The lowest BCUT2D eigenvalue weighted by molar-refractivity contribution is -0.183. The lowest BCUT2D eigenvalue weighted by atomic mass is 10.0. The smallest absolute Gasteiger partial charge is 0.0724 e. The van der Waals surface area contributed by atoms with Gasteiger partial charge >= 0.3 is 0 Å². The Labute approximate surface area is 135 Å². The van der Waals surface area contributed by atoms with Crippen LogP contribution in [0.15, 0.2) is 65.6 Å². The molecular formula is C18H23NO2S. The lowest BCUT2D eigenvalue weighted by Gasteiger charge is -2.36. The number of nitrogens with zero attached hydrogens (tertiary/aromatic N) is 1. The standard InChI is InChI=1S/C18H23NO2S/c1-18(2,3)19(20)17(15-10-6-4-7-11-15)14-22(21)16-12-8-5-9-13-16/h4-13,17,20H,14H2,1-3H3. The van der Waals surface area contributed by atoms with E-state index < -0.39 is 16.3 Å². The van der Waals surface area contributed by atoms with Crippen molar-refractivity contribution in [3.8, 4) is 0 Å². The van der Waals surface area contributed by atoms with Crippen LogP contribution < -0.4 is 0 Å². The first-order chi connectivity index (χ1) is 10.4. The van der Waals surface area contributed by atoms with Crippen molar-refractivity contribution in [2.75, 3.05) is 5.75 Å². The first-order valence-electron chi connectivity index (χ1n) is 7.36. The maximum Gasteiger partial charge on any atom is 0.0724 e. The number of hydrogen-bond acceptors (Lipinski definition) is 3. The van der Waals surface area contributed by atoms with Gasteiger partial charge in [0.25, 0.3) is 0 Å². The summed E-state index contributed by atoms with van der Waals surface area (Å²) in [4.78, 5) is 0.783. The summed E-state index contributed by atoms with van der Waals surface area (Å²) in [5.74, 6) is 0.349. The van der Waals surface area contributed by atoms with Crippen LogP contribution in [0.5, 0.6) is 0 Å². The van der Waals surface area contributed by atoms with E-state index in [1.54, 1.807) is 0 Å². The first-order valence-corrected chi connectivity index (χ1v) is 8.68. The SMILES string of the molecule is CC(C)(C)N(O)C(CS(=O)c1ccccc1)c1ccccc1. The summed E-state index contributed by atoms with van der Waals surface area (Å²) in [5.41, 5.74) is 0.533. The van der Waals surface area contributed by atoms with Gasteiger partial charge in [-0.25, -0.2) is 0 Å². The summed E-state index contributed by atoms with van der Waals surface area (Å²) in [6.07, 6.45) is 0. The van der Waals surface area contributed by atoms with Gasteiger partial charge in [-0.15, -0.1) is 0 Å². The molecule has 0 radical (unpaired) electrons. The van der Waals surface area contributed by atoms with Crippen LogP contribution in [0.2, 0.25) is 0 Å². The molecule has 2 aromatic carbocycles. The van der Waals surface area contributed by atoms with Gasteiger partial charge in [-0.05, 0) is 38.5 Å². The van der Waals surface area contributed by atoms with E-state index in [-0.39, 0.29) is 6.04 Å². The van der Waals surface area contributed by atoms with Crippen molar-refractivity contribution in [1.82, 2.24) is 5.06 Å². The second-order valence-corrected chi connectivity index (χ2v) is 7.76. The van der Waals surface area contributed by atoms with Crippen LogP contribution in [0.3, 0.4) is 0 Å². The molecule has 0 fully saturated rings. The van der Waals surface area contributed by atoms with Crippen molar-refractivity contribution in [2.45, 2.75) is 37.2 Å². The molecule has 2 aromatic rings. The Morgan fingerprint density at radius 1 is 1.00 bits per heavy atom. The minimum absolute atomic E-state index is 0.317. The zero-order valence-corrected chi connectivity index (χ0v) is 14.1. The molecule has 22 heavy (non-hydrogen) atoms. The normalized spacial score (nSPS) is 14.8. The van der Waals surface area contributed by atoms with E-state index in [9.17, 15) is 9.42 Å². The predicted molar refractivity (Wildman–Crippen MR) is 90.3 cm³/mol. The molecule has 0 aliphatic heterocycles. The highest BCUT2D eigenvalue weighted by Crippen LogP contribution is 2.28. The van der Waals surface area contributed by atoms with Gasteiger partial charge in [0.1, 0.15) is 0 Å². The maximum absolute atomic E-state index is 12.6. The molecule has 2 unspecified atom stereocenters. The van der Waals surface area contributed by atoms with Crippen molar-refractivity contribution >= 4 is 10.8 Å². The van der Waals surface area contributed by atoms with Crippen LogP contribution in [0.25, 0.3) is 0 Å². The third kappa shape index (κ3) is 4.26. The molecule has 3 nitrogen and oxygen atoms in total. The van der Waals surface area contributed by atoms with Gasteiger partial charge in [0, 0.05) is 10.4 Å². The zero-order chi connectivity index (χ0) is 16.2. The molecule has 0 saturated carbocycles. The Morgan fingerprint density at radius 3 is 2.00 bits per heavy atom. The molecule has 2 atom stereocenters. The summed E-state index contributed by atoms with van der Waals surface area (Å²) >= 11 is 0. The molecule has 0 amide bonds. The minimum Gasteiger partial charge on any atom is -0.313 e. The van der Waals surface area contributed by atoms with Crippen molar-refractivity contribution in [3.63, 3.8) is 0 Å². The summed E-state index contributed by atoms with van der Waals surface area (Å²) in [7, 11) is -1.17. The molecule has 0 aliphatic carbocycles. The largest absolute Gasteiger partial charge is 0.313 e. The average Bonchev–Trinajstić information content (AvgIpc) is 2.52. The summed E-state index contributed by atoms with van der Waals surface area (Å²) in [5, 5.41) is 11.9. The van der Waals surface area contributed by atoms with Gasteiger partial charge in [-0.2, -0.15) is 5.06 Å². The monoisotopic (exact) mass is 317 g/mol. The van der Waals surface area contributed by atoms with E-state index >= 15 is 0 Å². The van der Waals surface area contributed by atoms with Crippen LogP contribution in [-0.2, 0) is 10.8 Å². The van der Waals surface area contributed by atoms with Gasteiger partial charge in [0.15, 0.2) is 0 Å². The lowest BCUT2D eigenvalue weighted by Crippen LogP contribution is -2.43. The topological polar surface area (TPSA) is 40.5 Å². The highest BCUT2D eigenvalue weighted by Gasteiger charge is 2.30. The first kappa shape index (κ1) is 16.9. The highest BCUT2D eigenvalue weighted by molar-refractivity contribution is 7.85. The third-order valence-corrected chi connectivity index (χ3v) is 4.90.